The lowest BCUT2D eigenvalue weighted by atomic mass is 9.99. The zero-order valence-electron chi connectivity index (χ0n) is 28.1. The first-order valence-corrected chi connectivity index (χ1v) is 17.3. The molecular formula is C39H55BrClFO2. The first-order valence-electron chi connectivity index (χ1n) is 15.7. The molecule has 0 heterocycles. The second-order valence-electron chi connectivity index (χ2n) is 8.90. The van der Waals surface area contributed by atoms with E-state index in [1.165, 1.54) is 12.1 Å². The van der Waals surface area contributed by atoms with Gasteiger partial charge in [0.2, 0.25) is 0 Å². The van der Waals surface area contributed by atoms with E-state index in [4.69, 9.17) is 21.1 Å². The summed E-state index contributed by atoms with van der Waals surface area (Å²) in [5, 5.41) is 1.06. The Balaban J connectivity index is 0. The summed E-state index contributed by atoms with van der Waals surface area (Å²) >= 11 is 8.90. The van der Waals surface area contributed by atoms with Crippen LogP contribution in [0.4, 0.5) is 4.39 Å². The van der Waals surface area contributed by atoms with Crippen molar-refractivity contribution in [1.29, 1.82) is 0 Å². The second kappa shape index (κ2) is 30.2. The largest absolute Gasteiger partial charge is 0.493 e. The average molecular weight is 690 g/mol. The molecular weight excluding hydrogens is 635 g/mol. The predicted molar refractivity (Wildman–Crippen MR) is 198 cm³/mol. The van der Waals surface area contributed by atoms with Gasteiger partial charge in [0.1, 0.15) is 23.9 Å². The maximum atomic E-state index is 13.5. The number of allylic oxidation sites excluding steroid dienone is 4. The smallest absolute Gasteiger partial charge is 0.131 e. The van der Waals surface area contributed by atoms with Crippen LogP contribution in [0, 0.1) is 5.82 Å². The summed E-state index contributed by atoms with van der Waals surface area (Å²) in [5.74, 6) is 2.01. The lowest BCUT2D eigenvalue weighted by Crippen LogP contribution is -2.03. The maximum Gasteiger partial charge on any atom is 0.131 e. The Bertz CT molecular complexity index is 1140. The number of unbranched alkanes of at least 4 members (excludes halogenated alkanes) is 2. The van der Waals surface area contributed by atoms with Crippen LogP contribution in [0.3, 0.4) is 0 Å². The van der Waals surface area contributed by atoms with Crippen LogP contribution in [0.15, 0.2) is 104 Å². The molecule has 0 aromatic heterocycles. The molecule has 0 unspecified atom stereocenters. The van der Waals surface area contributed by atoms with Crippen molar-refractivity contribution in [1.82, 2.24) is 0 Å². The highest BCUT2D eigenvalue weighted by Gasteiger charge is 2.14. The molecule has 0 saturated heterocycles. The van der Waals surface area contributed by atoms with E-state index < -0.39 is 0 Å². The summed E-state index contributed by atoms with van der Waals surface area (Å²) in [6, 6.07) is 20.6. The van der Waals surface area contributed by atoms with Gasteiger partial charge in [-0.05, 0) is 67.5 Å². The number of aryl methyl sites for hydroxylation is 1. The molecule has 0 amide bonds. The van der Waals surface area contributed by atoms with Crippen molar-refractivity contribution < 1.29 is 13.9 Å². The number of rotatable bonds is 13. The highest BCUT2D eigenvalue weighted by molar-refractivity contribution is 9.09. The third kappa shape index (κ3) is 20.2. The SMILES string of the molecule is C=C/C=C\C(=C)C.CC.CC.CCBr.CCc1cc(-c2ccc(F)cc2)c(OCc2ccccc2)cc1OCCCCCCl. The molecule has 0 saturated carbocycles. The lowest BCUT2D eigenvalue weighted by Gasteiger charge is -2.18. The van der Waals surface area contributed by atoms with Gasteiger partial charge in [-0.15, -0.1) is 11.6 Å². The number of hydrogen-bond acceptors (Lipinski definition) is 2. The highest BCUT2D eigenvalue weighted by atomic mass is 79.9. The Kier molecular flexibility index (Phi) is 29.7. The van der Waals surface area contributed by atoms with Gasteiger partial charge in [0.05, 0.1) is 6.61 Å². The first-order chi connectivity index (χ1) is 21.4. The van der Waals surface area contributed by atoms with E-state index in [0.29, 0.717) is 19.1 Å². The van der Waals surface area contributed by atoms with Crippen molar-refractivity contribution >= 4 is 27.5 Å². The topological polar surface area (TPSA) is 18.5 Å². The lowest BCUT2D eigenvalue weighted by molar-refractivity contribution is 0.289. The van der Waals surface area contributed by atoms with Crippen LogP contribution < -0.4 is 9.47 Å². The van der Waals surface area contributed by atoms with Crippen LogP contribution in [-0.4, -0.2) is 17.8 Å². The van der Waals surface area contributed by atoms with Gasteiger partial charge in [-0.1, -0.05) is 137 Å². The number of hydrogen-bond donors (Lipinski definition) is 0. The Morgan fingerprint density at radius 1 is 0.886 bits per heavy atom. The Morgan fingerprint density at radius 2 is 1.50 bits per heavy atom. The molecule has 0 spiro atoms. The van der Waals surface area contributed by atoms with Crippen molar-refractivity contribution in [2.45, 2.75) is 80.8 Å². The minimum atomic E-state index is -0.252. The third-order valence-corrected chi connectivity index (χ3v) is 5.76. The van der Waals surface area contributed by atoms with E-state index in [1.807, 2.05) is 90.1 Å². The highest BCUT2D eigenvalue weighted by Crippen LogP contribution is 2.37. The van der Waals surface area contributed by atoms with Crippen molar-refractivity contribution in [2.75, 3.05) is 17.8 Å². The summed E-state index contributed by atoms with van der Waals surface area (Å²) in [6.45, 7) is 22.4. The summed E-state index contributed by atoms with van der Waals surface area (Å²) in [7, 11) is 0. The molecule has 0 N–H and O–H groups in total. The molecule has 244 valence electrons. The third-order valence-electron chi connectivity index (χ3n) is 5.49. The van der Waals surface area contributed by atoms with Crippen molar-refractivity contribution in [3.63, 3.8) is 0 Å². The van der Waals surface area contributed by atoms with Gasteiger partial charge < -0.3 is 9.47 Å². The van der Waals surface area contributed by atoms with Gasteiger partial charge in [-0.2, -0.15) is 0 Å². The van der Waals surface area contributed by atoms with Gasteiger partial charge >= 0.3 is 0 Å². The van der Waals surface area contributed by atoms with Crippen molar-refractivity contribution in [3.8, 4) is 22.6 Å². The molecule has 3 rings (SSSR count). The second-order valence-corrected chi connectivity index (χ2v) is 10.4. The minimum absolute atomic E-state index is 0.252. The average Bonchev–Trinajstić information content (AvgIpc) is 3.06. The number of ether oxygens (including phenoxy) is 2. The van der Waals surface area contributed by atoms with E-state index in [9.17, 15) is 4.39 Å². The van der Waals surface area contributed by atoms with Crippen LogP contribution >= 0.6 is 27.5 Å². The summed E-state index contributed by atoms with van der Waals surface area (Å²) in [6.07, 6.45) is 9.36. The molecule has 3 aromatic carbocycles. The maximum absolute atomic E-state index is 13.5. The molecule has 5 heteroatoms. The molecule has 0 aliphatic heterocycles. The predicted octanol–water partition coefficient (Wildman–Crippen LogP) is 13.2. The molecule has 3 aromatic rings. The normalized spacial score (nSPS) is 9.50. The van der Waals surface area contributed by atoms with Crippen molar-refractivity contribution in [2.24, 2.45) is 0 Å². The van der Waals surface area contributed by atoms with Gasteiger partial charge in [0, 0.05) is 22.8 Å². The molecule has 0 aliphatic carbocycles. The van der Waals surface area contributed by atoms with Crippen LogP contribution in [0.1, 0.15) is 78.9 Å². The molecule has 2 nitrogen and oxygen atoms in total. The minimum Gasteiger partial charge on any atom is -0.493 e. The van der Waals surface area contributed by atoms with Crippen molar-refractivity contribution in [3.05, 3.63) is 121 Å². The standard InChI is InChI=1S/C26H28ClFO2.C7H10.C2H5Br.2C2H6/c1-2-21-17-24(22-11-13-23(28)14-12-22)26(30-19-20-9-5-3-6-10-20)18-25(21)29-16-8-4-7-15-27;1-4-5-6-7(2)3;1-2-3;2*1-2/h3,5-6,9-14,17-18H,2,4,7-8,15-16,19H2,1H3;4-6H,1-2H2,3H3;2H2,1H3;2*1-2H3/b;6-5-;;;. The summed E-state index contributed by atoms with van der Waals surface area (Å²) < 4.78 is 25.7. The number of benzene rings is 3. The molecule has 0 bridgehead atoms. The quantitative estimate of drug-likeness (QED) is 0.101. The fraction of sp³-hybridized carbons (Fsp3) is 0.385. The van der Waals surface area contributed by atoms with Crippen LogP contribution in [0.5, 0.6) is 11.5 Å². The monoisotopic (exact) mass is 688 g/mol. The van der Waals surface area contributed by atoms with E-state index >= 15 is 0 Å². The zero-order chi connectivity index (χ0) is 33.6. The Labute approximate surface area is 282 Å². The van der Waals surface area contributed by atoms with Gasteiger partial charge in [-0.25, -0.2) is 4.39 Å². The van der Waals surface area contributed by atoms with Crippen LogP contribution in [-0.2, 0) is 13.0 Å². The number of alkyl halides is 2. The fourth-order valence-electron chi connectivity index (χ4n) is 3.51. The van der Waals surface area contributed by atoms with Gasteiger partial charge in [0.15, 0.2) is 0 Å². The van der Waals surface area contributed by atoms with E-state index in [2.05, 4.69) is 42.1 Å². The summed E-state index contributed by atoms with van der Waals surface area (Å²) in [4.78, 5) is 0. The molecule has 0 atom stereocenters. The van der Waals surface area contributed by atoms with Crippen LogP contribution in [0.25, 0.3) is 11.1 Å². The Morgan fingerprint density at radius 3 is 2.00 bits per heavy atom. The van der Waals surface area contributed by atoms with E-state index in [1.54, 1.807) is 18.2 Å². The zero-order valence-corrected chi connectivity index (χ0v) is 30.4. The number of halogens is 3. The Hall–Kier alpha value is -2.82. The molecule has 0 radical (unpaired) electrons. The molecule has 44 heavy (non-hydrogen) atoms. The van der Waals surface area contributed by atoms with E-state index in [-0.39, 0.29) is 5.82 Å². The fourth-order valence-corrected chi connectivity index (χ4v) is 3.70. The van der Waals surface area contributed by atoms with E-state index in [0.717, 1.165) is 70.3 Å². The van der Waals surface area contributed by atoms with Crippen LogP contribution in [0.2, 0.25) is 0 Å². The van der Waals surface area contributed by atoms with Gasteiger partial charge in [0.25, 0.3) is 0 Å². The molecule has 0 fully saturated rings. The molecule has 0 aliphatic rings. The van der Waals surface area contributed by atoms with Gasteiger partial charge in [-0.3, -0.25) is 0 Å². The summed E-state index contributed by atoms with van der Waals surface area (Å²) in [5.41, 5.74) is 5.12. The first kappa shape index (κ1) is 43.3.